The maximum absolute atomic E-state index is 12.3. The Morgan fingerprint density at radius 3 is 2.35 bits per heavy atom. The number of carboxylic acids is 1. The van der Waals surface area contributed by atoms with Gasteiger partial charge in [-0.2, -0.15) is 0 Å². The van der Waals surface area contributed by atoms with Crippen molar-refractivity contribution in [2.24, 2.45) is 0 Å². The van der Waals surface area contributed by atoms with Crippen LogP contribution in [0.25, 0.3) is 0 Å². The van der Waals surface area contributed by atoms with Crippen LogP contribution in [0.5, 0.6) is 5.75 Å². The second-order valence-corrected chi connectivity index (χ2v) is 7.05. The Morgan fingerprint density at radius 2 is 1.83 bits per heavy atom. The molecule has 0 amide bonds. The van der Waals surface area contributed by atoms with Crippen LogP contribution in [0.2, 0.25) is 0 Å². The average Bonchev–Trinajstić information content (AvgIpc) is 2.48. The quantitative estimate of drug-likeness (QED) is 0.657. The summed E-state index contributed by atoms with van der Waals surface area (Å²) >= 11 is 0. The fourth-order valence-corrected chi connectivity index (χ4v) is 3.79. The molecule has 1 aromatic carbocycles. The average molecular weight is 344 g/mol. The van der Waals surface area contributed by atoms with Crippen molar-refractivity contribution in [1.82, 2.24) is 9.62 Å². The molecule has 1 heterocycles. The van der Waals surface area contributed by atoms with E-state index < -0.39 is 28.1 Å². The van der Waals surface area contributed by atoms with Crippen LogP contribution >= 0.6 is 0 Å². The second-order valence-electron chi connectivity index (χ2n) is 5.34. The van der Waals surface area contributed by atoms with Gasteiger partial charge in [-0.25, -0.2) is 13.1 Å². The monoisotopic (exact) mass is 344 g/mol. The highest BCUT2D eigenvalue weighted by Crippen LogP contribution is 2.16. The molecule has 0 spiro atoms. The lowest BCUT2D eigenvalue weighted by atomic mass is 10.1. The molecule has 1 aliphatic heterocycles. The van der Waals surface area contributed by atoms with Crippen LogP contribution < -0.4 is 4.72 Å². The minimum atomic E-state index is -3.88. The van der Waals surface area contributed by atoms with Gasteiger partial charge in [0.1, 0.15) is 11.8 Å². The lowest BCUT2D eigenvalue weighted by molar-refractivity contribution is -0.146. The summed E-state index contributed by atoms with van der Waals surface area (Å²) in [7, 11) is -3.88. The number of aliphatic carboxylic acids is 1. The molecule has 2 unspecified atom stereocenters. The van der Waals surface area contributed by atoms with E-state index >= 15 is 0 Å². The van der Waals surface area contributed by atoms with Crippen LogP contribution in [0.4, 0.5) is 0 Å². The standard InChI is InChI=1S/C14H20N2O6S/c1-10(13(14(18)19)16-6-8-22-9-7-16)15-23(20,21)12-4-2-11(17)3-5-12/h2-5,10,13,15,17H,6-9H2,1H3,(H,18,19). The van der Waals surface area contributed by atoms with Crippen LogP contribution in [-0.2, 0) is 19.6 Å². The summed E-state index contributed by atoms with van der Waals surface area (Å²) in [6.07, 6.45) is 0. The number of benzene rings is 1. The summed E-state index contributed by atoms with van der Waals surface area (Å²) < 4.78 is 32.3. The topological polar surface area (TPSA) is 116 Å². The fourth-order valence-electron chi connectivity index (χ4n) is 2.54. The number of sulfonamides is 1. The highest BCUT2D eigenvalue weighted by Gasteiger charge is 2.34. The normalized spacial score (nSPS) is 19.2. The third-order valence-corrected chi connectivity index (χ3v) is 5.23. The summed E-state index contributed by atoms with van der Waals surface area (Å²) in [6, 6.07) is 3.23. The molecule has 1 aromatic rings. The van der Waals surface area contributed by atoms with Crippen LogP contribution in [0.15, 0.2) is 29.2 Å². The lowest BCUT2D eigenvalue weighted by Crippen LogP contribution is -2.57. The van der Waals surface area contributed by atoms with Crippen molar-refractivity contribution < 1.29 is 28.2 Å². The van der Waals surface area contributed by atoms with Gasteiger partial charge in [0.2, 0.25) is 10.0 Å². The van der Waals surface area contributed by atoms with E-state index in [1.165, 1.54) is 31.2 Å². The third-order valence-electron chi connectivity index (χ3n) is 3.65. The number of hydrogen-bond donors (Lipinski definition) is 3. The first-order valence-electron chi connectivity index (χ1n) is 7.17. The van der Waals surface area contributed by atoms with E-state index in [0.717, 1.165) is 0 Å². The van der Waals surface area contributed by atoms with E-state index in [1.807, 2.05) is 0 Å². The molecule has 3 N–H and O–H groups in total. The highest BCUT2D eigenvalue weighted by atomic mass is 32.2. The molecule has 0 aliphatic carbocycles. The third kappa shape index (κ3) is 4.41. The number of rotatable bonds is 6. The Balaban J connectivity index is 2.15. The van der Waals surface area contributed by atoms with E-state index in [0.29, 0.717) is 26.3 Å². The van der Waals surface area contributed by atoms with Crippen molar-refractivity contribution in [3.63, 3.8) is 0 Å². The zero-order chi connectivity index (χ0) is 17.0. The zero-order valence-corrected chi connectivity index (χ0v) is 13.5. The molecule has 1 fully saturated rings. The Morgan fingerprint density at radius 1 is 1.26 bits per heavy atom. The van der Waals surface area contributed by atoms with Crippen molar-refractivity contribution in [2.75, 3.05) is 26.3 Å². The number of carbonyl (C=O) groups is 1. The Kier molecular flexibility index (Phi) is 5.58. The van der Waals surface area contributed by atoms with Crippen LogP contribution in [0, 0.1) is 0 Å². The number of hydrogen-bond acceptors (Lipinski definition) is 6. The van der Waals surface area contributed by atoms with Gasteiger partial charge in [-0.15, -0.1) is 0 Å². The molecule has 0 radical (unpaired) electrons. The largest absolute Gasteiger partial charge is 0.508 e. The van der Waals surface area contributed by atoms with E-state index in [1.54, 1.807) is 4.90 Å². The lowest BCUT2D eigenvalue weighted by Gasteiger charge is -2.35. The summed E-state index contributed by atoms with van der Waals surface area (Å²) in [4.78, 5) is 13.2. The maximum atomic E-state index is 12.3. The predicted octanol–water partition coefficient (Wildman–Crippen LogP) is -0.156. The zero-order valence-electron chi connectivity index (χ0n) is 12.7. The number of phenols is 1. The molecule has 2 rings (SSSR count). The number of morpholine rings is 1. The highest BCUT2D eigenvalue weighted by molar-refractivity contribution is 7.89. The Bertz CT molecular complexity index is 640. The summed E-state index contributed by atoms with van der Waals surface area (Å²) in [6.45, 7) is 3.22. The molecule has 0 saturated carbocycles. The SMILES string of the molecule is CC(NS(=O)(=O)c1ccc(O)cc1)C(C(=O)O)N1CCOCC1. The van der Waals surface area contributed by atoms with Gasteiger partial charge in [-0.05, 0) is 31.2 Å². The number of aromatic hydroxyl groups is 1. The van der Waals surface area contributed by atoms with E-state index in [9.17, 15) is 23.4 Å². The summed E-state index contributed by atoms with van der Waals surface area (Å²) in [5, 5.41) is 18.7. The number of nitrogens with zero attached hydrogens (tertiary/aromatic N) is 1. The molecule has 0 bridgehead atoms. The van der Waals surface area contributed by atoms with Crippen molar-refractivity contribution in [3.8, 4) is 5.75 Å². The molecular formula is C14H20N2O6S. The number of carboxylic acid groups (broad SMARTS) is 1. The maximum Gasteiger partial charge on any atom is 0.322 e. The molecule has 23 heavy (non-hydrogen) atoms. The van der Waals surface area contributed by atoms with Crippen molar-refractivity contribution in [1.29, 1.82) is 0 Å². The van der Waals surface area contributed by atoms with Crippen LogP contribution in [0.1, 0.15) is 6.92 Å². The van der Waals surface area contributed by atoms with Crippen LogP contribution in [-0.4, -0.2) is 67.9 Å². The molecule has 9 heteroatoms. The van der Waals surface area contributed by atoms with Crippen molar-refractivity contribution in [2.45, 2.75) is 23.9 Å². The van der Waals surface area contributed by atoms with Gasteiger partial charge in [0.05, 0.1) is 18.1 Å². The van der Waals surface area contributed by atoms with Gasteiger partial charge in [0.25, 0.3) is 0 Å². The van der Waals surface area contributed by atoms with Crippen LogP contribution in [0.3, 0.4) is 0 Å². The molecule has 128 valence electrons. The van der Waals surface area contributed by atoms with Gasteiger partial charge < -0.3 is 14.9 Å². The summed E-state index contributed by atoms with van der Waals surface area (Å²) in [5.74, 6) is -1.14. The first-order chi connectivity index (χ1) is 10.8. The Labute approximate surface area is 134 Å². The van der Waals surface area contributed by atoms with E-state index in [4.69, 9.17) is 4.74 Å². The molecule has 8 nitrogen and oxygen atoms in total. The van der Waals surface area contributed by atoms with Gasteiger partial charge >= 0.3 is 5.97 Å². The predicted molar refractivity (Wildman–Crippen MR) is 81.7 cm³/mol. The number of ether oxygens (including phenoxy) is 1. The number of phenolic OH excluding ortho intramolecular Hbond substituents is 1. The van der Waals surface area contributed by atoms with Gasteiger partial charge in [-0.1, -0.05) is 0 Å². The first-order valence-corrected chi connectivity index (χ1v) is 8.65. The Hall–Kier alpha value is -1.68. The smallest absolute Gasteiger partial charge is 0.322 e. The second kappa shape index (κ2) is 7.26. The minimum absolute atomic E-state index is 0.0340. The minimum Gasteiger partial charge on any atom is -0.508 e. The number of nitrogens with one attached hydrogen (secondary N) is 1. The van der Waals surface area contributed by atoms with Gasteiger partial charge in [0.15, 0.2) is 0 Å². The molecular weight excluding hydrogens is 324 g/mol. The first kappa shape index (κ1) is 17.7. The van der Waals surface area contributed by atoms with E-state index in [2.05, 4.69) is 4.72 Å². The molecule has 1 aliphatic rings. The van der Waals surface area contributed by atoms with Crippen molar-refractivity contribution in [3.05, 3.63) is 24.3 Å². The molecule has 2 atom stereocenters. The van der Waals surface area contributed by atoms with Crippen molar-refractivity contribution >= 4 is 16.0 Å². The molecule has 0 aromatic heterocycles. The molecule has 1 saturated heterocycles. The van der Waals surface area contributed by atoms with Gasteiger partial charge in [-0.3, -0.25) is 9.69 Å². The van der Waals surface area contributed by atoms with E-state index in [-0.39, 0.29) is 10.6 Å². The summed E-state index contributed by atoms with van der Waals surface area (Å²) in [5.41, 5.74) is 0. The van der Waals surface area contributed by atoms with Gasteiger partial charge in [0, 0.05) is 19.1 Å². The fraction of sp³-hybridized carbons (Fsp3) is 0.500.